The zero-order valence-corrected chi connectivity index (χ0v) is 10.6. The largest absolute Gasteiger partial charge is 0.312 e. The summed E-state index contributed by atoms with van der Waals surface area (Å²) in [5.74, 6) is 0.966. The smallest absolute Gasteiger partial charge is 0.151 e. The molecule has 15 heavy (non-hydrogen) atoms. The Morgan fingerprint density at radius 2 is 2.13 bits per heavy atom. The minimum atomic E-state index is 0.331. The average Bonchev–Trinajstić information content (AvgIpc) is 2.71. The molecular formula is C11H13ClN2S. The van der Waals surface area contributed by atoms with E-state index in [1.165, 1.54) is 9.75 Å². The molecule has 0 fully saturated rings. The van der Waals surface area contributed by atoms with E-state index >= 15 is 0 Å². The van der Waals surface area contributed by atoms with Crippen LogP contribution in [0.2, 0.25) is 5.15 Å². The molecule has 4 heteroatoms. The number of aryl methyl sites for hydroxylation is 1. The second-order valence-corrected chi connectivity index (χ2v) is 5.45. The first-order valence-electron chi connectivity index (χ1n) is 4.89. The van der Waals surface area contributed by atoms with Gasteiger partial charge in [0.15, 0.2) is 5.82 Å². The molecule has 0 bridgehead atoms. The highest BCUT2D eigenvalue weighted by Gasteiger charge is 2.13. The van der Waals surface area contributed by atoms with Crippen LogP contribution in [0.1, 0.15) is 24.8 Å². The van der Waals surface area contributed by atoms with E-state index in [0.717, 1.165) is 5.82 Å². The lowest BCUT2D eigenvalue weighted by Crippen LogP contribution is -2.02. The maximum absolute atomic E-state index is 6.10. The van der Waals surface area contributed by atoms with Crippen LogP contribution in [0.4, 0.5) is 0 Å². The van der Waals surface area contributed by atoms with Gasteiger partial charge in [-0.2, -0.15) is 0 Å². The lowest BCUT2D eigenvalue weighted by molar-refractivity contribution is 0.608. The molecule has 0 atom stereocenters. The highest BCUT2D eigenvalue weighted by Crippen LogP contribution is 2.31. The van der Waals surface area contributed by atoms with Crippen LogP contribution in [0.15, 0.2) is 18.3 Å². The quantitative estimate of drug-likeness (QED) is 0.771. The summed E-state index contributed by atoms with van der Waals surface area (Å²) < 4.78 is 2.05. The minimum absolute atomic E-state index is 0.331. The molecule has 2 nitrogen and oxygen atoms in total. The van der Waals surface area contributed by atoms with Crippen LogP contribution < -0.4 is 0 Å². The van der Waals surface area contributed by atoms with Crippen molar-refractivity contribution in [3.63, 3.8) is 0 Å². The molecule has 2 aromatic heterocycles. The van der Waals surface area contributed by atoms with E-state index in [1.807, 2.05) is 4.57 Å². The lowest BCUT2D eigenvalue weighted by atomic mass is 10.3. The SMILES string of the molecule is Cc1ccc(-c2ncc(Cl)n2C(C)C)s1. The Morgan fingerprint density at radius 3 is 2.67 bits per heavy atom. The number of thiophene rings is 1. The zero-order valence-electron chi connectivity index (χ0n) is 8.99. The van der Waals surface area contributed by atoms with Crippen LogP contribution in [0, 0.1) is 6.92 Å². The molecule has 0 aliphatic carbocycles. The average molecular weight is 241 g/mol. The van der Waals surface area contributed by atoms with Gasteiger partial charge < -0.3 is 4.57 Å². The normalized spacial score (nSPS) is 11.3. The van der Waals surface area contributed by atoms with Crippen molar-refractivity contribution in [1.29, 1.82) is 0 Å². The Balaban J connectivity index is 2.53. The summed E-state index contributed by atoms with van der Waals surface area (Å²) in [6, 6.07) is 4.53. The first-order valence-corrected chi connectivity index (χ1v) is 6.08. The summed E-state index contributed by atoms with van der Waals surface area (Å²) in [6.45, 7) is 6.31. The Morgan fingerprint density at radius 1 is 1.40 bits per heavy atom. The maximum Gasteiger partial charge on any atom is 0.151 e. The molecule has 0 saturated carbocycles. The summed E-state index contributed by atoms with van der Waals surface area (Å²) in [4.78, 5) is 6.83. The highest BCUT2D eigenvalue weighted by atomic mass is 35.5. The van der Waals surface area contributed by atoms with Gasteiger partial charge in [0.2, 0.25) is 0 Å². The van der Waals surface area contributed by atoms with Crippen molar-refractivity contribution in [3.05, 3.63) is 28.4 Å². The van der Waals surface area contributed by atoms with Gasteiger partial charge in [0.25, 0.3) is 0 Å². The minimum Gasteiger partial charge on any atom is -0.312 e. The number of rotatable bonds is 2. The molecule has 0 spiro atoms. The van der Waals surface area contributed by atoms with Crippen molar-refractivity contribution in [2.75, 3.05) is 0 Å². The van der Waals surface area contributed by atoms with E-state index in [1.54, 1.807) is 17.5 Å². The molecule has 0 amide bonds. The number of aromatic nitrogens is 2. The number of imidazole rings is 1. The van der Waals surface area contributed by atoms with Crippen molar-refractivity contribution < 1.29 is 0 Å². The number of halogens is 1. The maximum atomic E-state index is 6.10. The number of hydrogen-bond acceptors (Lipinski definition) is 2. The van der Waals surface area contributed by atoms with Gasteiger partial charge in [0.1, 0.15) is 5.15 Å². The van der Waals surface area contributed by atoms with Gasteiger partial charge in [-0.3, -0.25) is 0 Å². The Kier molecular flexibility index (Phi) is 2.85. The third-order valence-corrected chi connectivity index (χ3v) is 3.51. The van der Waals surface area contributed by atoms with E-state index in [4.69, 9.17) is 11.6 Å². The van der Waals surface area contributed by atoms with E-state index in [-0.39, 0.29) is 0 Å². The first kappa shape index (κ1) is 10.7. The Labute approximate surface area is 98.5 Å². The molecule has 80 valence electrons. The summed E-state index contributed by atoms with van der Waals surface area (Å²) >= 11 is 7.85. The van der Waals surface area contributed by atoms with E-state index in [2.05, 4.69) is 37.9 Å². The monoisotopic (exact) mass is 240 g/mol. The topological polar surface area (TPSA) is 17.8 Å². The van der Waals surface area contributed by atoms with Crippen molar-refractivity contribution in [3.8, 4) is 10.7 Å². The second-order valence-electron chi connectivity index (χ2n) is 3.78. The van der Waals surface area contributed by atoms with Crippen LogP contribution in [-0.2, 0) is 0 Å². The van der Waals surface area contributed by atoms with Crippen LogP contribution in [0.5, 0.6) is 0 Å². The van der Waals surface area contributed by atoms with Crippen LogP contribution in [0.25, 0.3) is 10.7 Å². The molecule has 0 saturated heterocycles. The molecule has 0 N–H and O–H groups in total. The van der Waals surface area contributed by atoms with Gasteiger partial charge in [-0.25, -0.2) is 4.98 Å². The van der Waals surface area contributed by atoms with E-state index < -0.39 is 0 Å². The highest BCUT2D eigenvalue weighted by molar-refractivity contribution is 7.15. The Hall–Kier alpha value is -0.800. The molecule has 2 rings (SSSR count). The molecule has 2 aromatic rings. The fourth-order valence-corrected chi connectivity index (χ4v) is 2.75. The summed E-state index contributed by atoms with van der Waals surface area (Å²) in [5.41, 5.74) is 0. The van der Waals surface area contributed by atoms with Crippen molar-refractivity contribution in [1.82, 2.24) is 9.55 Å². The summed E-state index contributed by atoms with van der Waals surface area (Å²) in [5, 5.41) is 0.700. The Bertz CT molecular complexity index is 471. The number of hydrogen-bond donors (Lipinski definition) is 0. The summed E-state index contributed by atoms with van der Waals surface area (Å²) in [7, 11) is 0. The van der Waals surface area contributed by atoms with Crippen LogP contribution in [-0.4, -0.2) is 9.55 Å². The summed E-state index contributed by atoms with van der Waals surface area (Å²) in [6.07, 6.45) is 1.71. The fourth-order valence-electron chi connectivity index (χ4n) is 1.57. The van der Waals surface area contributed by atoms with Gasteiger partial charge in [0.05, 0.1) is 11.1 Å². The molecule has 0 radical (unpaired) electrons. The second kappa shape index (κ2) is 3.99. The molecule has 0 unspecified atom stereocenters. The first-order chi connectivity index (χ1) is 7.09. The molecule has 0 aliphatic rings. The molecular weight excluding hydrogens is 228 g/mol. The lowest BCUT2D eigenvalue weighted by Gasteiger charge is -2.11. The van der Waals surface area contributed by atoms with Gasteiger partial charge in [-0.05, 0) is 32.9 Å². The van der Waals surface area contributed by atoms with Crippen molar-refractivity contribution in [2.45, 2.75) is 26.8 Å². The predicted octanol–water partition coefficient (Wildman–Crippen LogP) is 4.15. The molecule has 0 aromatic carbocycles. The fraction of sp³-hybridized carbons (Fsp3) is 0.364. The van der Waals surface area contributed by atoms with Gasteiger partial charge in [-0.1, -0.05) is 11.6 Å². The van der Waals surface area contributed by atoms with Crippen LogP contribution in [0.3, 0.4) is 0 Å². The predicted molar refractivity (Wildman–Crippen MR) is 65.7 cm³/mol. The van der Waals surface area contributed by atoms with Crippen LogP contribution >= 0.6 is 22.9 Å². The third kappa shape index (κ3) is 1.94. The molecule has 2 heterocycles. The van der Waals surface area contributed by atoms with E-state index in [9.17, 15) is 0 Å². The van der Waals surface area contributed by atoms with Crippen molar-refractivity contribution in [2.24, 2.45) is 0 Å². The van der Waals surface area contributed by atoms with Crippen molar-refractivity contribution >= 4 is 22.9 Å². The van der Waals surface area contributed by atoms with E-state index in [0.29, 0.717) is 11.2 Å². The van der Waals surface area contributed by atoms with Gasteiger partial charge in [0, 0.05) is 10.9 Å². The number of nitrogens with zero attached hydrogens (tertiary/aromatic N) is 2. The van der Waals surface area contributed by atoms with Gasteiger partial charge in [-0.15, -0.1) is 11.3 Å². The zero-order chi connectivity index (χ0) is 11.0. The standard InChI is InChI=1S/C11H13ClN2S/c1-7(2)14-10(12)6-13-11(14)9-5-4-8(3)15-9/h4-7H,1-3H3. The molecule has 0 aliphatic heterocycles. The van der Waals surface area contributed by atoms with Gasteiger partial charge >= 0.3 is 0 Å². The third-order valence-electron chi connectivity index (χ3n) is 2.23.